The summed E-state index contributed by atoms with van der Waals surface area (Å²) in [6, 6.07) is 4.52. The summed E-state index contributed by atoms with van der Waals surface area (Å²) in [6.07, 6.45) is 0. The Kier molecular flexibility index (Phi) is 3.82. The number of aryl methyl sites for hydroxylation is 2. The number of ether oxygens (including phenoxy) is 1. The van der Waals surface area contributed by atoms with Gasteiger partial charge >= 0.3 is 0 Å². The lowest BCUT2D eigenvalue weighted by Crippen LogP contribution is -2.05. The molecule has 0 saturated carbocycles. The summed E-state index contributed by atoms with van der Waals surface area (Å²) in [5, 5.41) is 4.59. The molecular weight excluding hydrogens is 230 g/mol. The van der Waals surface area contributed by atoms with E-state index in [2.05, 4.69) is 31.3 Å². The highest BCUT2D eigenvalue weighted by atomic mass is 32.1. The number of fused-ring (bicyclic) bond motifs is 1. The fraction of sp³-hybridized carbons (Fsp3) is 0.429. The van der Waals surface area contributed by atoms with E-state index >= 15 is 0 Å². The second-order valence-electron chi connectivity index (χ2n) is 4.43. The molecule has 1 aromatic heterocycles. The smallest absolute Gasteiger partial charge is 0.0730 e. The standard InChI is InChI=1S/C14H19NOS/c1-9-5-10(2)14-11(6-9)12(8-16-4)13(17-14)7-15-3/h5-6,15H,7-8H2,1-4H3. The predicted octanol–water partition coefficient (Wildman–Crippen LogP) is 3.38. The zero-order chi connectivity index (χ0) is 12.4. The van der Waals surface area contributed by atoms with Gasteiger partial charge in [0, 0.05) is 28.8 Å². The third-order valence-electron chi connectivity index (χ3n) is 2.93. The quantitative estimate of drug-likeness (QED) is 0.897. The van der Waals surface area contributed by atoms with Crippen LogP contribution in [0, 0.1) is 13.8 Å². The van der Waals surface area contributed by atoms with Gasteiger partial charge in [-0.1, -0.05) is 17.7 Å². The van der Waals surface area contributed by atoms with Crippen LogP contribution in [-0.4, -0.2) is 14.2 Å². The van der Waals surface area contributed by atoms with E-state index in [-0.39, 0.29) is 0 Å². The Morgan fingerprint density at radius 1 is 1.29 bits per heavy atom. The third-order valence-corrected chi connectivity index (χ3v) is 4.32. The van der Waals surface area contributed by atoms with E-state index in [9.17, 15) is 0 Å². The Hall–Kier alpha value is -0.900. The lowest BCUT2D eigenvalue weighted by atomic mass is 10.1. The van der Waals surface area contributed by atoms with E-state index in [1.165, 1.54) is 31.7 Å². The van der Waals surface area contributed by atoms with Crippen LogP contribution in [0.5, 0.6) is 0 Å². The monoisotopic (exact) mass is 249 g/mol. The summed E-state index contributed by atoms with van der Waals surface area (Å²) in [5.74, 6) is 0. The van der Waals surface area contributed by atoms with Crippen molar-refractivity contribution < 1.29 is 4.74 Å². The largest absolute Gasteiger partial charge is 0.380 e. The molecule has 0 aliphatic heterocycles. The van der Waals surface area contributed by atoms with Gasteiger partial charge in [-0.15, -0.1) is 11.3 Å². The van der Waals surface area contributed by atoms with Crippen LogP contribution >= 0.6 is 11.3 Å². The number of methoxy groups -OCH3 is 1. The molecule has 0 amide bonds. The van der Waals surface area contributed by atoms with Crippen LogP contribution in [0.3, 0.4) is 0 Å². The van der Waals surface area contributed by atoms with E-state index in [1.807, 2.05) is 18.4 Å². The summed E-state index contributed by atoms with van der Waals surface area (Å²) in [6.45, 7) is 5.94. The first-order valence-electron chi connectivity index (χ1n) is 5.82. The maximum Gasteiger partial charge on any atom is 0.0730 e. The molecule has 92 valence electrons. The van der Waals surface area contributed by atoms with E-state index in [1.54, 1.807) is 7.11 Å². The van der Waals surface area contributed by atoms with Crippen molar-refractivity contribution >= 4 is 21.4 Å². The van der Waals surface area contributed by atoms with E-state index in [0.717, 1.165) is 6.54 Å². The summed E-state index contributed by atoms with van der Waals surface area (Å²) in [5.41, 5.74) is 4.03. The molecule has 2 nitrogen and oxygen atoms in total. The first kappa shape index (κ1) is 12.6. The van der Waals surface area contributed by atoms with Crippen LogP contribution < -0.4 is 5.32 Å². The van der Waals surface area contributed by atoms with Crippen molar-refractivity contribution in [2.45, 2.75) is 27.0 Å². The molecule has 0 aliphatic rings. The molecule has 0 atom stereocenters. The van der Waals surface area contributed by atoms with Crippen molar-refractivity contribution in [1.29, 1.82) is 0 Å². The lowest BCUT2D eigenvalue weighted by molar-refractivity contribution is 0.185. The van der Waals surface area contributed by atoms with Gasteiger partial charge in [0.15, 0.2) is 0 Å². The summed E-state index contributed by atoms with van der Waals surface area (Å²) in [4.78, 5) is 1.39. The summed E-state index contributed by atoms with van der Waals surface area (Å²) >= 11 is 1.88. The molecule has 0 radical (unpaired) electrons. The fourth-order valence-corrected chi connectivity index (χ4v) is 3.52. The second kappa shape index (κ2) is 5.17. The van der Waals surface area contributed by atoms with Gasteiger partial charge in [0.05, 0.1) is 6.61 Å². The second-order valence-corrected chi connectivity index (χ2v) is 5.53. The number of benzene rings is 1. The molecule has 17 heavy (non-hydrogen) atoms. The molecule has 3 heteroatoms. The number of nitrogens with one attached hydrogen (secondary N) is 1. The number of rotatable bonds is 4. The maximum absolute atomic E-state index is 5.34. The maximum atomic E-state index is 5.34. The highest BCUT2D eigenvalue weighted by molar-refractivity contribution is 7.19. The van der Waals surface area contributed by atoms with Crippen molar-refractivity contribution in [2.75, 3.05) is 14.2 Å². The van der Waals surface area contributed by atoms with Gasteiger partial charge in [-0.3, -0.25) is 0 Å². The Morgan fingerprint density at radius 3 is 2.71 bits per heavy atom. The first-order chi connectivity index (χ1) is 8.17. The van der Waals surface area contributed by atoms with Crippen LogP contribution in [0.15, 0.2) is 12.1 Å². The minimum atomic E-state index is 0.694. The number of hydrogen-bond acceptors (Lipinski definition) is 3. The van der Waals surface area contributed by atoms with Crippen molar-refractivity contribution in [3.63, 3.8) is 0 Å². The van der Waals surface area contributed by atoms with Crippen molar-refractivity contribution in [3.05, 3.63) is 33.7 Å². The molecule has 2 aromatic rings. The SMILES string of the molecule is CNCc1sc2c(C)cc(C)cc2c1COC. The summed E-state index contributed by atoms with van der Waals surface area (Å²) < 4.78 is 6.74. The first-order valence-corrected chi connectivity index (χ1v) is 6.64. The topological polar surface area (TPSA) is 21.3 Å². The van der Waals surface area contributed by atoms with Gasteiger partial charge < -0.3 is 10.1 Å². The molecule has 1 heterocycles. The molecule has 0 unspecified atom stereocenters. The highest BCUT2D eigenvalue weighted by Gasteiger charge is 2.13. The van der Waals surface area contributed by atoms with Gasteiger partial charge in [0.2, 0.25) is 0 Å². The minimum absolute atomic E-state index is 0.694. The normalized spacial score (nSPS) is 11.3. The van der Waals surface area contributed by atoms with Crippen molar-refractivity contribution in [3.8, 4) is 0 Å². The molecule has 0 aliphatic carbocycles. The van der Waals surface area contributed by atoms with Crippen molar-refractivity contribution in [1.82, 2.24) is 5.32 Å². The lowest BCUT2D eigenvalue weighted by Gasteiger charge is -2.04. The molecule has 1 aromatic carbocycles. The Bertz CT molecular complexity index is 530. The Balaban J connectivity index is 2.66. The number of hydrogen-bond donors (Lipinski definition) is 1. The molecular formula is C14H19NOS. The molecule has 0 saturated heterocycles. The van der Waals surface area contributed by atoms with Crippen molar-refractivity contribution in [2.24, 2.45) is 0 Å². The van der Waals surface area contributed by atoms with Crippen LogP contribution in [0.4, 0.5) is 0 Å². The molecule has 0 fully saturated rings. The predicted molar refractivity (Wildman–Crippen MR) is 74.8 cm³/mol. The molecule has 0 bridgehead atoms. The average molecular weight is 249 g/mol. The van der Waals surface area contributed by atoms with Gasteiger partial charge in [0.1, 0.15) is 0 Å². The fourth-order valence-electron chi connectivity index (χ4n) is 2.25. The van der Waals surface area contributed by atoms with E-state index < -0.39 is 0 Å². The molecule has 1 N–H and O–H groups in total. The van der Waals surface area contributed by atoms with Crippen LogP contribution in [-0.2, 0) is 17.9 Å². The average Bonchev–Trinajstić information content (AvgIpc) is 2.59. The highest BCUT2D eigenvalue weighted by Crippen LogP contribution is 2.34. The third kappa shape index (κ3) is 2.37. The minimum Gasteiger partial charge on any atom is -0.380 e. The number of thiophene rings is 1. The van der Waals surface area contributed by atoms with Crippen LogP contribution in [0.1, 0.15) is 21.6 Å². The van der Waals surface area contributed by atoms with E-state index in [4.69, 9.17) is 4.74 Å². The Labute approximate surface area is 107 Å². The van der Waals surface area contributed by atoms with Gasteiger partial charge in [-0.25, -0.2) is 0 Å². The van der Waals surface area contributed by atoms with E-state index in [0.29, 0.717) is 6.61 Å². The zero-order valence-electron chi connectivity index (χ0n) is 10.9. The van der Waals surface area contributed by atoms with Crippen LogP contribution in [0.25, 0.3) is 10.1 Å². The molecule has 2 rings (SSSR count). The molecule has 0 spiro atoms. The van der Waals surface area contributed by atoms with Gasteiger partial charge in [0.25, 0.3) is 0 Å². The van der Waals surface area contributed by atoms with Gasteiger partial charge in [-0.2, -0.15) is 0 Å². The summed E-state index contributed by atoms with van der Waals surface area (Å²) in [7, 11) is 3.74. The van der Waals surface area contributed by atoms with Crippen LogP contribution in [0.2, 0.25) is 0 Å². The Morgan fingerprint density at radius 2 is 2.06 bits per heavy atom. The van der Waals surface area contributed by atoms with Gasteiger partial charge in [-0.05, 0) is 31.8 Å². The zero-order valence-corrected chi connectivity index (χ0v) is 11.7.